The highest BCUT2D eigenvalue weighted by Gasteiger charge is 2.49. The van der Waals surface area contributed by atoms with E-state index in [4.69, 9.17) is 28.7 Å². The Hall–Kier alpha value is -7.28. The summed E-state index contributed by atoms with van der Waals surface area (Å²) in [6, 6.07) is 51.8. The lowest BCUT2D eigenvalue weighted by molar-refractivity contribution is -0.0621. The highest BCUT2D eigenvalue weighted by atomic mass is 16.5. The minimum atomic E-state index is -1.04. The first-order valence-corrected chi connectivity index (χ1v) is 21.7. The Bertz CT molecular complexity index is 2640. The number of aliphatic hydroxyl groups excluding tert-OH is 1. The van der Waals surface area contributed by atoms with Crippen LogP contribution in [-0.4, -0.2) is 69.4 Å². The number of rotatable bonds is 17. The molecule has 1 aromatic heterocycles. The highest BCUT2D eigenvalue weighted by Crippen LogP contribution is 2.48. The molecule has 7 aromatic rings. The predicted molar refractivity (Wildman–Crippen MR) is 252 cm³/mol. The van der Waals surface area contributed by atoms with Crippen LogP contribution in [0.5, 0.6) is 23.0 Å². The van der Waals surface area contributed by atoms with Crippen molar-refractivity contribution in [1.29, 1.82) is 0 Å². The molecule has 332 valence electrons. The lowest BCUT2D eigenvalue weighted by Gasteiger charge is -2.50. The van der Waals surface area contributed by atoms with Crippen molar-refractivity contribution in [3.05, 3.63) is 201 Å². The van der Waals surface area contributed by atoms with E-state index in [9.17, 15) is 9.90 Å². The van der Waals surface area contributed by atoms with Gasteiger partial charge >= 0.3 is 0 Å². The number of benzene rings is 6. The summed E-state index contributed by atoms with van der Waals surface area (Å²) in [5, 5.41) is 17.9. The molecule has 3 atom stereocenters. The number of ether oxygens (including phenoxy) is 5. The number of aromatic amines is 1. The molecule has 4 N–H and O–H groups in total. The van der Waals surface area contributed by atoms with Crippen molar-refractivity contribution in [3.8, 4) is 23.0 Å². The van der Waals surface area contributed by atoms with E-state index in [-0.39, 0.29) is 42.6 Å². The van der Waals surface area contributed by atoms with Gasteiger partial charge < -0.3 is 44.3 Å². The average Bonchev–Trinajstić information content (AvgIpc) is 3.79. The molecule has 12 heteroatoms. The maximum absolute atomic E-state index is 14.1. The van der Waals surface area contributed by atoms with Crippen molar-refractivity contribution in [1.82, 2.24) is 9.97 Å². The molecule has 0 saturated heterocycles. The molecule has 1 saturated carbocycles. The number of aliphatic hydroxyl groups is 1. The van der Waals surface area contributed by atoms with Crippen LogP contribution in [0.3, 0.4) is 0 Å². The van der Waals surface area contributed by atoms with Crippen molar-refractivity contribution >= 4 is 17.5 Å². The second-order valence-corrected chi connectivity index (χ2v) is 16.3. The lowest BCUT2D eigenvalue weighted by atomic mass is 9.69. The third kappa shape index (κ3) is 7.89. The lowest BCUT2D eigenvalue weighted by Crippen LogP contribution is -2.56. The first-order valence-electron chi connectivity index (χ1n) is 21.7. The largest absolute Gasteiger partial charge is 0.497 e. The first-order chi connectivity index (χ1) is 31.8. The summed E-state index contributed by atoms with van der Waals surface area (Å²) >= 11 is 0. The number of H-pyrrole nitrogens is 1. The van der Waals surface area contributed by atoms with E-state index in [2.05, 4.69) is 44.8 Å². The molecule has 0 amide bonds. The Labute approximate surface area is 378 Å². The fraction of sp³-hybridized carbons (Fsp3) is 0.245. The van der Waals surface area contributed by atoms with Crippen LogP contribution >= 0.6 is 0 Å². The Balaban J connectivity index is 1.10. The first kappa shape index (κ1) is 43.0. The number of methoxy groups -OCH3 is 4. The van der Waals surface area contributed by atoms with Gasteiger partial charge in [0.1, 0.15) is 39.8 Å². The molecule has 1 aliphatic carbocycles. The summed E-state index contributed by atoms with van der Waals surface area (Å²) in [5.74, 6) is 3.51. The van der Waals surface area contributed by atoms with Crippen LogP contribution in [0.25, 0.3) is 0 Å². The zero-order valence-electron chi connectivity index (χ0n) is 36.9. The molecule has 0 spiro atoms. The zero-order chi connectivity index (χ0) is 45.0. The Morgan fingerprint density at radius 1 is 0.631 bits per heavy atom. The molecular weight excluding hydrogens is 819 g/mol. The molecule has 2 heterocycles. The van der Waals surface area contributed by atoms with Gasteiger partial charge in [0.25, 0.3) is 5.56 Å². The number of anilines is 3. The molecule has 12 nitrogen and oxygen atoms in total. The average molecular weight is 872 g/mol. The number of aromatic nitrogens is 2. The maximum Gasteiger partial charge on any atom is 0.277 e. The van der Waals surface area contributed by atoms with Crippen LogP contribution in [0.15, 0.2) is 163 Å². The van der Waals surface area contributed by atoms with Crippen molar-refractivity contribution < 1.29 is 28.8 Å². The highest BCUT2D eigenvalue weighted by molar-refractivity contribution is 5.72. The second-order valence-electron chi connectivity index (χ2n) is 16.3. The molecular formula is C53H53N5O7. The Morgan fingerprint density at radius 3 is 1.52 bits per heavy atom. The summed E-state index contributed by atoms with van der Waals surface area (Å²) in [6.07, 6.45) is 0.679. The van der Waals surface area contributed by atoms with E-state index in [1.165, 1.54) is 0 Å². The molecule has 1 fully saturated rings. The normalized spacial score (nSPS) is 16.8. The van der Waals surface area contributed by atoms with E-state index < -0.39 is 11.1 Å². The summed E-state index contributed by atoms with van der Waals surface area (Å²) in [5.41, 5.74) is 3.49. The fourth-order valence-corrected chi connectivity index (χ4v) is 9.55. The third-order valence-corrected chi connectivity index (χ3v) is 13.1. The van der Waals surface area contributed by atoms with E-state index >= 15 is 0 Å². The quantitative estimate of drug-likeness (QED) is 0.0657. The van der Waals surface area contributed by atoms with Crippen molar-refractivity contribution in [2.24, 2.45) is 11.8 Å². The van der Waals surface area contributed by atoms with Crippen LogP contribution in [0, 0.1) is 11.8 Å². The van der Waals surface area contributed by atoms with Gasteiger partial charge in [0.15, 0.2) is 5.82 Å². The van der Waals surface area contributed by atoms with Gasteiger partial charge in [0.2, 0.25) is 5.95 Å². The smallest absolute Gasteiger partial charge is 0.277 e. The van der Waals surface area contributed by atoms with E-state index in [0.717, 1.165) is 44.9 Å². The van der Waals surface area contributed by atoms with E-state index in [1.807, 2.05) is 133 Å². The monoisotopic (exact) mass is 871 g/mol. The number of hydrogen-bond acceptors (Lipinski definition) is 11. The SMILES string of the molecule is COc1ccc(C(Nc2nc3c(c(=O)[nH]2)NCN3[C@@H]2C[C@H](CO)[C@H]2COC(c2ccccc2)(c2ccc(OC)cc2)c2ccc(OC)cc2)(c2ccccc2)c2ccc(OC)cc2)cc1. The summed E-state index contributed by atoms with van der Waals surface area (Å²) in [7, 11) is 6.59. The molecule has 0 radical (unpaired) electrons. The summed E-state index contributed by atoms with van der Waals surface area (Å²) in [6.45, 7) is 0.631. The molecule has 0 unspecified atom stereocenters. The molecule has 9 rings (SSSR count). The molecule has 65 heavy (non-hydrogen) atoms. The van der Waals surface area contributed by atoms with Gasteiger partial charge in [-0.2, -0.15) is 4.98 Å². The van der Waals surface area contributed by atoms with Crippen LogP contribution in [0.2, 0.25) is 0 Å². The standard InChI is InChI=1S/C53H53N5O7/c1-61-42-23-15-37(16-24-42)52(36-11-7-5-8-12-36,38-17-25-43(62-2)26-18-38)57-51-55-49-48(50(60)56-51)54-34-58(49)47-31-35(32-59)46(47)33-65-53(39-13-9-6-10-14-39,40-19-27-44(63-3)28-20-40)41-21-29-45(64-4)30-22-41/h5-30,35,46-47,54,59H,31-34H2,1-4H3,(H2,55,56,57,60)/t35-,46-,47-/m1/s1. The van der Waals surface area contributed by atoms with Crippen molar-refractivity contribution in [2.75, 3.05) is 63.9 Å². The van der Waals surface area contributed by atoms with Gasteiger partial charge in [-0.3, -0.25) is 9.78 Å². The predicted octanol–water partition coefficient (Wildman–Crippen LogP) is 8.40. The molecule has 0 bridgehead atoms. The summed E-state index contributed by atoms with van der Waals surface area (Å²) < 4.78 is 29.6. The number of nitrogens with zero attached hydrogens (tertiary/aromatic N) is 2. The fourth-order valence-electron chi connectivity index (χ4n) is 9.55. The molecule has 6 aromatic carbocycles. The van der Waals surface area contributed by atoms with Crippen LogP contribution < -0.4 is 40.0 Å². The third-order valence-electron chi connectivity index (χ3n) is 13.1. The molecule has 1 aliphatic heterocycles. The number of hydrogen-bond donors (Lipinski definition) is 4. The van der Waals surface area contributed by atoms with Crippen molar-refractivity contribution in [2.45, 2.75) is 23.6 Å². The van der Waals surface area contributed by atoms with Crippen LogP contribution in [0.4, 0.5) is 17.5 Å². The van der Waals surface area contributed by atoms with Gasteiger partial charge in [0.05, 0.1) is 41.7 Å². The Morgan fingerprint density at radius 2 is 1.06 bits per heavy atom. The van der Waals surface area contributed by atoms with Gasteiger partial charge in [-0.15, -0.1) is 0 Å². The second kappa shape index (κ2) is 18.4. The topological polar surface area (TPSA) is 139 Å². The van der Waals surface area contributed by atoms with Crippen LogP contribution in [-0.2, 0) is 15.9 Å². The summed E-state index contributed by atoms with van der Waals surface area (Å²) in [4.78, 5) is 24.6. The van der Waals surface area contributed by atoms with Crippen LogP contribution in [0.1, 0.15) is 39.8 Å². The minimum absolute atomic E-state index is 0.0129. The maximum atomic E-state index is 14.1. The van der Waals surface area contributed by atoms with Gasteiger partial charge in [-0.1, -0.05) is 109 Å². The minimum Gasteiger partial charge on any atom is -0.497 e. The molecule has 2 aliphatic rings. The van der Waals surface area contributed by atoms with E-state index in [1.54, 1.807) is 28.4 Å². The number of nitrogens with one attached hydrogen (secondary N) is 3. The van der Waals surface area contributed by atoms with Gasteiger partial charge in [-0.05, 0) is 94.3 Å². The van der Waals surface area contributed by atoms with Gasteiger partial charge in [0, 0.05) is 18.6 Å². The number of fused-ring (bicyclic) bond motifs is 1. The van der Waals surface area contributed by atoms with Crippen molar-refractivity contribution in [3.63, 3.8) is 0 Å². The zero-order valence-corrected chi connectivity index (χ0v) is 36.9. The Kier molecular flexibility index (Phi) is 12.2. The van der Waals surface area contributed by atoms with Gasteiger partial charge in [-0.25, -0.2) is 0 Å². The van der Waals surface area contributed by atoms with E-state index in [0.29, 0.717) is 36.1 Å².